The first kappa shape index (κ1) is 20.7. The highest BCUT2D eigenvalue weighted by Crippen LogP contribution is 2.45. The zero-order valence-electron chi connectivity index (χ0n) is 18.6. The molecule has 1 fully saturated rings. The Morgan fingerprint density at radius 2 is 1.78 bits per heavy atom. The number of hydrogen-bond donors (Lipinski definition) is 0. The summed E-state index contributed by atoms with van der Waals surface area (Å²) in [4.78, 5) is 15.5. The highest BCUT2D eigenvalue weighted by atomic mass is 16.5. The van der Waals surface area contributed by atoms with Crippen LogP contribution in [0.3, 0.4) is 0 Å². The maximum atomic E-state index is 13.2. The molecule has 1 saturated carbocycles. The topological polar surface area (TPSA) is 66.5 Å². The van der Waals surface area contributed by atoms with E-state index in [0.717, 1.165) is 17.9 Å². The van der Waals surface area contributed by atoms with E-state index in [9.17, 15) is 4.79 Å². The highest BCUT2D eigenvalue weighted by molar-refractivity contribution is 6.15. The standard InChI is InChI=1S/C25H27NO6/c1-28-20-10-8-15(23(29-2)25(20)30-3)12-21-22(27)17-9-11-19-18(24(17)32-21)13-26(14-31-19)16-6-4-5-7-16/h8-12,16H,4-7,13-14H2,1-3H3/b21-12-. The smallest absolute Gasteiger partial charge is 0.231 e. The molecule has 0 saturated heterocycles. The van der Waals surface area contributed by atoms with Crippen LogP contribution in [0.25, 0.3) is 6.08 Å². The average Bonchev–Trinajstić information content (AvgIpc) is 3.47. The van der Waals surface area contributed by atoms with Gasteiger partial charge in [0.15, 0.2) is 17.3 Å². The molecule has 1 aliphatic carbocycles. The molecule has 7 heteroatoms. The second-order valence-corrected chi connectivity index (χ2v) is 8.24. The van der Waals surface area contributed by atoms with Crippen LogP contribution in [0.2, 0.25) is 0 Å². The van der Waals surface area contributed by atoms with E-state index in [0.29, 0.717) is 46.9 Å². The quantitative estimate of drug-likeness (QED) is 0.642. The molecule has 0 unspecified atom stereocenters. The van der Waals surface area contributed by atoms with Crippen LogP contribution in [0.15, 0.2) is 30.0 Å². The highest BCUT2D eigenvalue weighted by Gasteiger charge is 2.35. The lowest BCUT2D eigenvalue weighted by atomic mass is 10.0. The fourth-order valence-electron chi connectivity index (χ4n) is 4.86. The zero-order chi connectivity index (χ0) is 22.2. The lowest BCUT2D eigenvalue weighted by Crippen LogP contribution is -2.39. The number of carbonyl (C=O) groups is 1. The fraction of sp³-hybridized carbons (Fsp3) is 0.400. The molecule has 2 aromatic rings. The monoisotopic (exact) mass is 437 g/mol. The Morgan fingerprint density at radius 1 is 1.00 bits per heavy atom. The number of methoxy groups -OCH3 is 3. The van der Waals surface area contributed by atoms with Gasteiger partial charge in [0.25, 0.3) is 0 Å². The summed E-state index contributed by atoms with van der Waals surface area (Å²) < 4.78 is 28.5. The number of Topliss-reactive ketones (excluding diaryl/α,β-unsaturated/α-hetero) is 1. The number of nitrogens with zero attached hydrogens (tertiary/aromatic N) is 1. The number of benzene rings is 2. The average molecular weight is 437 g/mol. The summed E-state index contributed by atoms with van der Waals surface area (Å²) in [5.41, 5.74) is 2.17. The summed E-state index contributed by atoms with van der Waals surface area (Å²) in [6.07, 6.45) is 6.59. The molecule has 3 aliphatic rings. The molecule has 32 heavy (non-hydrogen) atoms. The number of fused-ring (bicyclic) bond motifs is 3. The van der Waals surface area contributed by atoms with Crippen LogP contribution in [0.5, 0.6) is 28.7 Å². The van der Waals surface area contributed by atoms with E-state index >= 15 is 0 Å². The Kier molecular flexibility index (Phi) is 5.43. The number of ketones is 1. The van der Waals surface area contributed by atoms with Gasteiger partial charge < -0.3 is 23.7 Å². The minimum Gasteiger partial charge on any atom is -0.493 e. The van der Waals surface area contributed by atoms with E-state index in [1.807, 2.05) is 12.1 Å². The van der Waals surface area contributed by atoms with E-state index in [1.165, 1.54) is 25.7 Å². The lowest BCUT2D eigenvalue weighted by Gasteiger charge is -2.33. The van der Waals surface area contributed by atoms with Gasteiger partial charge in [-0.25, -0.2) is 0 Å². The zero-order valence-corrected chi connectivity index (χ0v) is 18.6. The third kappa shape index (κ3) is 3.37. The summed E-state index contributed by atoms with van der Waals surface area (Å²) in [6, 6.07) is 7.78. The van der Waals surface area contributed by atoms with Crippen LogP contribution in [-0.2, 0) is 6.54 Å². The van der Waals surface area contributed by atoms with Gasteiger partial charge in [-0.1, -0.05) is 12.8 Å². The predicted molar refractivity (Wildman–Crippen MR) is 119 cm³/mol. The van der Waals surface area contributed by atoms with Gasteiger partial charge in [0.2, 0.25) is 11.5 Å². The third-order valence-corrected chi connectivity index (χ3v) is 6.51. The van der Waals surface area contributed by atoms with Crippen molar-refractivity contribution in [2.45, 2.75) is 38.3 Å². The molecule has 0 atom stereocenters. The van der Waals surface area contributed by atoms with E-state index in [1.54, 1.807) is 39.5 Å². The molecule has 2 aliphatic heterocycles. The van der Waals surface area contributed by atoms with Gasteiger partial charge in [-0.2, -0.15) is 0 Å². The van der Waals surface area contributed by atoms with Crippen molar-refractivity contribution in [1.82, 2.24) is 4.90 Å². The van der Waals surface area contributed by atoms with Gasteiger partial charge >= 0.3 is 0 Å². The summed E-state index contributed by atoms with van der Waals surface area (Å²) in [5.74, 6) is 2.97. The summed E-state index contributed by atoms with van der Waals surface area (Å²) in [6.45, 7) is 1.30. The van der Waals surface area contributed by atoms with Crippen molar-refractivity contribution in [3.05, 3.63) is 46.7 Å². The molecular weight excluding hydrogens is 410 g/mol. The van der Waals surface area contributed by atoms with E-state index in [4.69, 9.17) is 23.7 Å². The first-order valence-corrected chi connectivity index (χ1v) is 10.9. The van der Waals surface area contributed by atoms with Crippen LogP contribution < -0.4 is 23.7 Å². The summed E-state index contributed by atoms with van der Waals surface area (Å²) in [5, 5.41) is 0. The number of ether oxygens (including phenoxy) is 5. The largest absolute Gasteiger partial charge is 0.493 e. The van der Waals surface area contributed by atoms with Crippen LogP contribution in [-0.4, -0.2) is 44.8 Å². The van der Waals surface area contributed by atoms with Crippen molar-refractivity contribution in [2.24, 2.45) is 0 Å². The van der Waals surface area contributed by atoms with Gasteiger partial charge in [-0.15, -0.1) is 0 Å². The van der Waals surface area contributed by atoms with Crippen molar-refractivity contribution in [3.63, 3.8) is 0 Å². The van der Waals surface area contributed by atoms with Crippen LogP contribution in [0.1, 0.15) is 47.2 Å². The second kappa shape index (κ2) is 8.39. The van der Waals surface area contributed by atoms with E-state index in [-0.39, 0.29) is 11.5 Å². The minimum atomic E-state index is -0.155. The first-order valence-electron chi connectivity index (χ1n) is 10.9. The van der Waals surface area contributed by atoms with Gasteiger partial charge in [0, 0.05) is 18.2 Å². The SMILES string of the molecule is COc1ccc(/C=C2\Oc3c(ccc4c3CN(C3CCCC3)CO4)C2=O)c(OC)c1OC. The van der Waals surface area contributed by atoms with Gasteiger partial charge in [-0.3, -0.25) is 9.69 Å². The molecule has 0 radical (unpaired) electrons. The molecule has 5 rings (SSSR count). The predicted octanol–water partition coefficient (Wildman–Crippen LogP) is 4.42. The van der Waals surface area contributed by atoms with Crippen molar-refractivity contribution in [1.29, 1.82) is 0 Å². The first-order chi connectivity index (χ1) is 15.6. The molecule has 0 spiro atoms. The van der Waals surface area contributed by atoms with Crippen LogP contribution in [0.4, 0.5) is 0 Å². The summed E-state index contributed by atoms with van der Waals surface area (Å²) in [7, 11) is 4.67. The van der Waals surface area contributed by atoms with Crippen molar-refractivity contribution in [2.75, 3.05) is 28.1 Å². The normalized spacial score (nSPS) is 19.3. The van der Waals surface area contributed by atoms with Crippen molar-refractivity contribution in [3.8, 4) is 28.7 Å². The Labute approximate surface area is 187 Å². The van der Waals surface area contributed by atoms with E-state index < -0.39 is 0 Å². The number of hydrogen-bond acceptors (Lipinski definition) is 7. The molecule has 0 N–H and O–H groups in total. The van der Waals surface area contributed by atoms with Crippen molar-refractivity contribution >= 4 is 11.9 Å². The molecule has 0 amide bonds. The summed E-state index contributed by atoms with van der Waals surface area (Å²) >= 11 is 0. The third-order valence-electron chi connectivity index (χ3n) is 6.51. The van der Waals surface area contributed by atoms with Crippen LogP contribution >= 0.6 is 0 Å². The molecule has 2 aromatic carbocycles. The second-order valence-electron chi connectivity index (χ2n) is 8.24. The fourth-order valence-corrected chi connectivity index (χ4v) is 4.86. The molecular formula is C25H27NO6. The Bertz CT molecular complexity index is 1090. The molecule has 0 aromatic heterocycles. The van der Waals surface area contributed by atoms with Gasteiger partial charge in [-0.05, 0) is 43.2 Å². The number of allylic oxidation sites excluding steroid dienone is 1. The molecule has 0 bridgehead atoms. The van der Waals surface area contributed by atoms with E-state index in [2.05, 4.69) is 4.90 Å². The maximum absolute atomic E-state index is 13.2. The Morgan fingerprint density at radius 3 is 2.50 bits per heavy atom. The maximum Gasteiger partial charge on any atom is 0.231 e. The molecule has 7 nitrogen and oxygen atoms in total. The van der Waals surface area contributed by atoms with Gasteiger partial charge in [0.1, 0.15) is 18.2 Å². The Balaban J connectivity index is 1.49. The molecule has 168 valence electrons. The van der Waals surface area contributed by atoms with Crippen molar-refractivity contribution < 1.29 is 28.5 Å². The lowest BCUT2D eigenvalue weighted by molar-refractivity contribution is 0.0567. The minimum absolute atomic E-state index is 0.155. The molecule has 2 heterocycles. The number of rotatable bonds is 5. The Hall–Kier alpha value is -3.19. The van der Waals surface area contributed by atoms with Crippen LogP contribution in [0, 0.1) is 0 Å². The van der Waals surface area contributed by atoms with Gasteiger partial charge in [0.05, 0.1) is 32.5 Å². The number of carbonyl (C=O) groups excluding carboxylic acids is 1.